The van der Waals surface area contributed by atoms with Crippen LogP contribution in [-0.4, -0.2) is 40.7 Å². The molecule has 0 radical (unpaired) electrons. The Morgan fingerprint density at radius 3 is 3.21 bits per heavy atom. The Morgan fingerprint density at radius 1 is 1.53 bits per heavy atom. The molecule has 1 aromatic heterocycles. The van der Waals surface area contributed by atoms with E-state index in [9.17, 15) is 0 Å². The molecule has 2 rings (SSSR count). The van der Waals surface area contributed by atoms with Gasteiger partial charge in [0.2, 0.25) is 0 Å². The average Bonchev–Trinajstić information content (AvgIpc) is 2.87. The van der Waals surface area contributed by atoms with Crippen LogP contribution in [0.4, 0.5) is 0 Å². The van der Waals surface area contributed by atoms with Crippen LogP contribution in [0, 0.1) is 11.8 Å². The highest BCUT2D eigenvalue weighted by Crippen LogP contribution is 2.24. The van der Waals surface area contributed by atoms with Gasteiger partial charge < -0.3 is 5.11 Å². The second-order valence-electron chi connectivity index (χ2n) is 4.71. The van der Waals surface area contributed by atoms with Crippen molar-refractivity contribution in [3.05, 3.63) is 21.9 Å². The molecule has 0 bridgehead atoms. The van der Waals surface area contributed by atoms with E-state index in [1.807, 2.05) is 0 Å². The van der Waals surface area contributed by atoms with Crippen molar-refractivity contribution in [1.29, 1.82) is 0 Å². The summed E-state index contributed by atoms with van der Waals surface area (Å²) in [6.45, 7) is 5.90. The smallest absolute Gasteiger partial charge is 0.0540 e. The van der Waals surface area contributed by atoms with Gasteiger partial charge in [0.05, 0.1) is 6.61 Å². The normalized spacial score (nSPS) is 20.0. The molecule has 0 aromatic carbocycles. The summed E-state index contributed by atoms with van der Waals surface area (Å²) in [7, 11) is 0. The molecule has 0 aliphatic carbocycles. The van der Waals surface area contributed by atoms with Gasteiger partial charge in [-0.25, -0.2) is 0 Å². The second-order valence-corrected chi connectivity index (χ2v) is 7.12. The zero-order valence-electron chi connectivity index (χ0n) is 11.4. The summed E-state index contributed by atoms with van der Waals surface area (Å²) in [6.07, 6.45) is 1.83. The maximum Gasteiger partial charge on any atom is 0.0540 e. The lowest BCUT2D eigenvalue weighted by Gasteiger charge is -2.31. The fourth-order valence-electron chi connectivity index (χ4n) is 2.14. The van der Waals surface area contributed by atoms with Crippen LogP contribution in [0.2, 0.25) is 0 Å². The summed E-state index contributed by atoms with van der Waals surface area (Å²) >= 11 is 3.91. The van der Waals surface area contributed by atoms with Gasteiger partial charge in [-0.15, -0.1) is 11.3 Å². The first-order valence-corrected chi connectivity index (χ1v) is 8.75. The van der Waals surface area contributed by atoms with E-state index in [4.69, 9.17) is 5.11 Å². The molecule has 1 N–H and O–H groups in total. The first-order chi connectivity index (χ1) is 9.31. The Labute approximate surface area is 124 Å². The van der Waals surface area contributed by atoms with Gasteiger partial charge in [-0.1, -0.05) is 18.8 Å². The van der Waals surface area contributed by atoms with E-state index in [1.165, 1.54) is 30.1 Å². The Balaban J connectivity index is 1.87. The van der Waals surface area contributed by atoms with Crippen LogP contribution in [0.1, 0.15) is 30.2 Å². The molecule has 2 nitrogen and oxygen atoms in total. The predicted molar refractivity (Wildman–Crippen MR) is 84.7 cm³/mol. The summed E-state index contributed by atoms with van der Waals surface area (Å²) in [5.41, 5.74) is 1.09. The van der Waals surface area contributed by atoms with Crippen molar-refractivity contribution in [3.63, 3.8) is 0 Å². The minimum Gasteiger partial charge on any atom is -0.395 e. The van der Waals surface area contributed by atoms with Crippen LogP contribution in [0.3, 0.4) is 0 Å². The number of nitrogens with zero attached hydrogens (tertiary/aromatic N) is 1. The van der Waals surface area contributed by atoms with E-state index in [0.717, 1.165) is 17.4 Å². The predicted octanol–water partition coefficient (Wildman–Crippen LogP) is 2.81. The number of thiophene rings is 1. The van der Waals surface area contributed by atoms with E-state index in [-0.39, 0.29) is 6.61 Å². The van der Waals surface area contributed by atoms with Crippen molar-refractivity contribution >= 4 is 23.1 Å². The van der Waals surface area contributed by atoms with E-state index < -0.39 is 0 Å². The Morgan fingerprint density at radius 2 is 2.42 bits per heavy atom. The van der Waals surface area contributed by atoms with Gasteiger partial charge in [0.15, 0.2) is 0 Å². The van der Waals surface area contributed by atoms with Gasteiger partial charge >= 0.3 is 0 Å². The summed E-state index contributed by atoms with van der Waals surface area (Å²) in [5, 5.41) is 11.6. The topological polar surface area (TPSA) is 23.5 Å². The minimum absolute atomic E-state index is 0.147. The highest BCUT2D eigenvalue weighted by Gasteiger charge is 2.19. The molecule has 1 aliphatic heterocycles. The molecule has 1 unspecified atom stereocenters. The van der Waals surface area contributed by atoms with Crippen LogP contribution < -0.4 is 0 Å². The molecule has 19 heavy (non-hydrogen) atoms. The molecule has 1 atom stereocenters. The third-order valence-corrected chi connectivity index (χ3v) is 5.47. The standard InChI is InChI=1S/C15H21NOS2/c1-2-14-10-16(6-8-18-14)11-15-9-13(12-19-15)5-3-4-7-17/h9,12,14,17H,2,4,6-8,10-11H2,1H3. The number of aliphatic hydroxyl groups excluding tert-OH is 1. The van der Waals surface area contributed by atoms with Gasteiger partial charge in [0.25, 0.3) is 0 Å². The van der Waals surface area contributed by atoms with E-state index >= 15 is 0 Å². The highest BCUT2D eigenvalue weighted by atomic mass is 32.2. The van der Waals surface area contributed by atoms with Crippen LogP contribution in [-0.2, 0) is 6.54 Å². The van der Waals surface area contributed by atoms with Crippen LogP contribution in [0.25, 0.3) is 0 Å². The van der Waals surface area contributed by atoms with E-state index in [1.54, 1.807) is 11.3 Å². The number of aliphatic hydroxyl groups is 1. The lowest BCUT2D eigenvalue weighted by Crippen LogP contribution is -2.36. The third kappa shape index (κ3) is 4.85. The molecular formula is C15H21NOS2. The third-order valence-electron chi connectivity index (χ3n) is 3.18. The summed E-state index contributed by atoms with van der Waals surface area (Å²) in [6, 6.07) is 2.19. The van der Waals surface area contributed by atoms with E-state index in [0.29, 0.717) is 6.42 Å². The van der Waals surface area contributed by atoms with Crippen LogP contribution >= 0.6 is 23.1 Å². The number of hydrogen-bond donors (Lipinski definition) is 1. The van der Waals surface area contributed by atoms with Crippen molar-refractivity contribution < 1.29 is 5.11 Å². The van der Waals surface area contributed by atoms with E-state index in [2.05, 4.69) is 46.9 Å². The monoisotopic (exact) mass is 295 g/mol. The lowest BCUT2D eigenvalue weighted by molar-refractivity contribution is 0.275. The Kier molecular flexibility index (Phi) is 6.25. The summed E-state index contributed by atoms with van der Waals surface area (Å²) in [5.74, 6) is 7.33. The van der Waals surface area contributed by atoms with Gasteiger partial charge in [-0.3, -0.25) is 4.90 Å². The van der Waals surface area contributed by atoms with Gasteiger partial charge in [0, 0.05) is 52.9 Å². The van der Waals surface area contributed by atoms with Gasteiger partial charge in [-0.05, 0) is 12.5 Å². The SMILES string of the molecule is CCC1CN(Cc2cc(C#CCCO)cs2)CCS1. The molecule has 1 aliphatic rings. The maximum atomic E-state index is 8.71. The zero-order valence-corrected chi connectivity index (χ0v) is 13.0. The number of thioether (sulfide) groups is 1. The van der Waals surface area contributed by atoms with Crippen molar-refractivity contribution in [2.24, 2.45) is 0 Å². The Hall–Kier alpha value is -0.470. The molecule has 1 saturated heterocycles. The minimum atomic E-state index is 0.147. The largest absolute Gasteiger partial charge is 0.395 e. The number of rotatable bonds is 4. The van der Waals surface area contributed by atoms with Gasteiger partial charge in [-0.2, -0.15) is 11.8 Å². The Bertz CT molecular complexity index is 446. The van der Waals surface area contributed by atoms with Crippen molar-refractivity contribution in [2.75, 3.05) is 25.4 Å². The molecule has 1 aromatic rings. The first kappa shape index (κ1) is 14.9. The maximum absolute atomic E-state index is 8.71. The molecular weight excluding hydrogens is 274 g/mol. The quantitative estimate of drug-likeness (QED) is 0.864. The van der Waals surface area contributed by atoms with Crippen molar-refractivity contribution in [3.8, 4) is 11.8 Å². The fourth-order valence-corrected chi connectivity index (χ4v) is 4.25. The van der Waals surface area contributed by atoms with Crippen LogP contribution in [0.15, 0.2) is 11.4 Å². The first-order valence-electron chi connectivity index (χ1n) is 6.83. The van der Waals surface area contributed by atoms with Crippen LogP contribution in [0.5, 0.6) is 0 Å². The molecule has 104 valence electrons. The summed E-state index contributed by atoms with van der Waals surface area (Å²) in [4.78, 5) is 3.96. The molecule has 0 amide bonds. The molecule has 0 saturated carbocycles. The zero-order chi connectivity index (χ0) is 13.5. The molecule has 0 spiro atoms. The van der Waals surface area contributed by atoms with Gasteiger partial charge in [0.1, 0.15) is 0 Å². The second kappa shape index (κ2) is 7.96. The highest BCUT2D eigenvalue weighted by molar-refractivity contribution is 8.00. The lowest BCUT2D eigenvalue weighted by atomic mass is 10.2. The van der Waals surface area contributed by atoms with Crippen molar-refractivity contribution in [1.82, 2.24) is 4.90 Å². The number of hydrogen-bond acceptors (Lipinski definition) is 4. The fraction of sp³-hybridized carbons (Fsp3) is 0.600. The average molecular weight is 295 g/mol. The molecule has 1 fully saturated rings. The summed E-state index contributed by atoms with van der Waals surface area (Å²) < 4.78 is 0. The van der Waals surface area contributed by atoms with Crippen molar-refractivity contribution in [2.45, 2.75) is 31.6 Å². The molecule has 2 heterocycles. The molecule has 4 heteroatoms.